The van der Waals surface area contributed by atoms with Crippen LogP contribution in [0, 0.1) is 5.82 Å². The summed E-state index contributed by atoms with van der Waals surface area (Å²) in [4.78, 5) is 2.04. The van der Waals surface area contributed by atoms with Crippen molar-refractivity contribution in [2.75, 3.05) is 11.9 Å². The topological polar surface area (TPSA) is 29.3 Å². The maximum atomic E-state index is 13.9. The van der Waals surface area contributed by atoms with Crippen molar-refractivity contribution >= 4 is 38.8 Å². The van der Waals surface area contributed by atoms with Crippen LogP contribution in [0.25, 0.3) is 0 Å². The van der Waals surface area contributed by atoms with Gasteiger partial charge in [0.05, 0.1) is 0 Å². The molecule has 0 radical (unpaired) electrons. The van der Waals surface area contributed by atoms with Crippen LogP contribution in [-0.4, -0.2) is 12.0 Å². The maximum absolute atomic E-state index is 13.9. The predicted molar refractivity (Wildman–Crippen MR) is 88.5 cm³/mol. The zero-order valence-corrected chi connectivity index (χ0v) is 13.3. The minimum absolute atomic E-state index is 0.0737. The van der Waals surface area contributed by atoms with Crippen LogP contribution >= 0.6 is 28.1 Å². The second-order valence-electron chi connectivity index (χ2n) is 4.51. The molecule has 0 saturated heterocycles. The Bertz CT molecular complexity index is 628. The number of benzene rings is 2. The number of rotatable bonds is 4. The summed E-state index contributed by atoms with van der Waals surface area (Å²) in [6.07, 6.45) is 0. The van der Waals surface area contributed by atoms with E-state index in [4.69, 9.17) is 18.0 Å². The quantitative estimate of drug-likeness (QED) is 0.847. The van der Waals surface area contributed by atoms with E-state index in [1.54, 1.807) is 6.07 Å². The molecule has 0 aliphatic rings. The van der Waals surface area contributed by atoms with Gasteiger partial charge in [-0.3, -0.25) is 0 Å². The van der Waals surface area contributed by atoms with Crippen molar-refractivity contribution in [3.8, 4) is 0 Å². The van der Waals surface area contributed by atoms with E-state index in [1.165, 1.54) is 6.07 Å². The minimum atomic E-state index is -0.391. The van der Waals surface area contributed by atoms with E-state index < -0.39 is 5.82 Å². The van der Waals surface area contributed by atoms with E-state index in [9.17, 15) is 4.39 Å². The number of halogens is 2. The first-order valence-electron chi connectivity index (χ1n) is 6.02. The fourth-order valence-corrected chi connectivity index (χ4v) is 2.33. The van der Waals surface area contributed by atoms with Gasteiger partial charge < -0.3 is 10.6 Å². The number of nitrogens with zero attached hydrogens (tertiary/aromatic N) is 1. The van der Waals surface area contributed by atoms with Gasteiger partial charge in [-0.15, -0.1) is 0 Å². The lowest BCUT2D eigenvalue weighted by Gasteiger charge is -2.20. The van der Waals surface area contributed by atoms with Crippen molar-refractivity contribution in [1.82, 2.24) is 0 Å². The second-order valence-corrected chi connectivity index (χ2v) is 5.87. The summed E-state index contributed by atoms with van der Waals surface area (Å²) in [5.41, 5.74) is 7.66. The third-order valence-corrected chi connectivity index (χ3v) is 3.74. The largest absolute Gasteiger partial charge is 0.389 e. The third-order valence-electron chi connectivity index (χ3n) is 2.99. The molecule has 0 atom stereocenters. The molecule has 2 rings (SSSR count). The Balaban J connectivity index is 2.17. The lowest BCUT2D eigenvalue weighted by Crippen LogP contribution is -2.18. The van der Waals surface area contributed by atoms with Crippen LogP contribution in [-0.2, 0) is 6.54 Å². The van der Waals surface area contributed by atoms with Crippen LogP contribution in [0.4, 0.5) is 10.1 Å². The molecule has 2 aromatic rings. The van der Waals surface area contributed by atoms with Gasteiger partial charge in [0.2, 0.25) is 0 Å². The Morgan fingerprint density at radius 2 is 1.90 bits per heavy atom. The normalized spacial score (nSPS) is 10.3. The molecule has 104 valence electrons. The third kappa shape index (κ3) is 3.55. The average Bonchev–Trinajstić information content (AvgIpc) is 2.40. The van der Waals surface area contributed by atoms with Crippen molar-refractivity contribution in [3.63, 3.8) is 0 Å². The highest BCUT2D eigenvalue weighted by molar-refractivity contribution is 9.10. The van der Waals surface area contributed by atoms with Gasteiger partial charge in [0.25, 0.3) is 0 Å². The Labute approximate surface area is 131 Å². The van der Waals surface area contributed by atoms with Crippen molar-refractivity contribution in [2.24, 2.45) is 5.73 Å². The summed E-state index contributed by atoms with van der Waals surface area (Å²) < 4.78 is 14.9. The standard InChI is InChI=1S/C15H14BrFN2S/c1-19(9-10-2-4-11(16)5-3-10)12-6-7-13(15(18)20)14(17)8-12/h2-8H,9H2,1H3,(H2,18,20). The lowest BCUT2D eigenvalue weighted by molar-refractivity contribution is 0.625. The molecule has 0 saturated carbocycles. The second kappa shape index (κ2) is 6.33. The van der Waals surface area contributed by atoms with Crippen molar-refractivity contribution in [1.29, 1.82) is 0 Å². The smallest absolute Gasteiger partial charge is 0.135 e. The first-order valence-corrected chi connectivity index (χ1v) is 7.22. The molecule has 2 aromatic carbocycles. The van der Waals surface area contributed by atoms with Gasteiger partial charge >= 0.3 is 0 Å². The molecule has 0 spiro atoms. The summed E-state index contributed by atoms with van der Waals surface area (Å²) in [5, 5.41) is 0. The van der Waals surface area contributed by atoms with E-state index in [-0.39, 0.29) is 10.6 Å². The first kappa shape index (κ1) is 14.9. The van der Waals surface area contributed by atoms with Crippen LogP contribution < -0.4 is 10.6 Å². The number of hydrogen-bond acceptors (Lipinski definition) is 2. The molecule has 2 N–H and O–H groups in total. The molecule has 0 aliphatic carbocycles. The fourth-order valence-electron chi connectivity index (χ4n) is 1.90. The van der Waals surface area contributed by atoms with E-state index >= 15 is 0 Å². The van der Waals surface area contributed by atoms with E-state index in [1.807, 2.05) is 42.3 Å². The van der Waals surface area contributed by atoms with Crippen LogP contribution in [0.2, 0.25) is 0 Å². The van der Waals surface area contributed by atoms with Crippen LogP contribution in [0.3, 0.4) is 0 Å². The van der Waals surface area contributed by atoms with Crippen LogP contribution in [0.1, 0.15) is 11.1 Å². The Morgan fingerprint density at radius 3 is 2.45 bits per heavy atom. The monoisotopic (exact) mass is 352 g/mol. The maximum Gasteiger partial charge on any atom is 0.135 e. The highest BCUT2D eigenvalue weighted by Crippen LogP contribution is 2.20. The summed E-state index contributed by atoms with van der Waals surface area (Å²) in [5.74, 6) is -0.391. The number of nitrogens with two attached hydrogens (primary N) is 1. The molecule has 2 nitrogen and oxygen atoms in total. The predicted octanol–water partition coefficient (Wildman–Crippen LogP) is 3.86. The highest BCUT2D eigenvalue weighted by Gasteiger charge is 2.09. The number of thiocarbonyl (C=S) groups is 1. The molecular formula is C15H14BrFN2S. The van der Waals surface area contributed by atoms with Gasteiger partial charge in [0.1, 0.15) is 10.8 Å². The molecule has 0 aliphatic heterocycles. The molecule has 5 heteroatoms. The highest BCUT2D eigenvalue weighted by atomic mass is 79.9. The molecule has 0 bridgehead atoms. The Morgan fingerprint density at radius 1 is 1.25 bits per heavy atom. The van der Waals surface area contributed by atoms with E-state index in [0.29, 0.717) is 6.54 Å². The van der Waals surface area contributed by atoms with Gasteiger partial charge in [0.15, 0.2) is 0 Å². The van der Waals surface area contributed by atoms with Gasteiger partial charge in [-0.05, 0) is 35.9 Å². The van der Waals surface area contributed by atoms with Crippen LogP contribution in [0.5, 0.6) is 0 Å². The van der Waals surface area contributed by atoms with Gasteiger partial charge in [0, 0.05) is 29.3 Å². The number of anilines is 1. The van der Waals surface area contributed by atoms with E-state index in [2.05, 4.69) is 15.9 Å². The lowest BCUT2D eigenvalue weighted by atomic mass is 10.1. The Kier molecular flexibility index (Phi) is 4.73. The van der Waals surface area contributed by atoms with Crippen LogP contribution in [0.15, 0.2) is 46.9 Å². The molecular weight excluding hydrogens is 339 g/mol. The van der Waals surface area contributed by atoms with Gasteiger partial charge in [-0.1, -0.05) is 40.3 Å². The van der Waals surface area contributed by atoms with Gasteiger partial charge in [-0.2, -0.15) is 0 Å². The van der Waals surface area contributed by atoms with Crippen molar-refractivity contribution < 1.29 is 4.39 Å². The summed E-state index contributed by atoms with van der Waals surface area (Å²) in [6.45, 7) is 0.694. The van der Waals surface area contributed by atoms with Crippen molar-refractivity contribution in [2.45, 2.75) is 6.54 Å². The Hall–Kier alpha value is -1.46. The number of hydrogen-bond donors (Lipinski definition) is 1. The van der Waals surface area contributed by atoms with Crippen molar-refractivity contribution in [3.05, 3.63) is 63.9 Å². The first-order chi connectivity index (χ1) is 9.47. The summed E-state index contributed by atoms with van der Waals surface area (Å²) in [6, 6.07) is 12.9. The average molecular weight is 353 g/mol. The molecule has 0 fully saturated rings. The molecule has 0 heterocycles. The molecule has 0 aromatic heterocycles. The SMILES string of the molecule is CN(Cc1ccc(Br)cc1)c1ccc(C(N)=S)c(F)c1. The minimum Gasteiger partial charge on any atom is -0.389 e. The fraction of sp³-hybridized carbons (Fsp3) is 0.133. The van der Waals surface area contributed by atoms with Gasteiger partial charge in [-0.25, -0.2) is 4.39 Å². The zero-order chi connectivity index (χ0) is 14.7. The molecule has 20 heavy (non-hydrogen) atoms. The van der Waals surface area contributed by atoms with E-state index in [0.717, 1.165) is 15.7 Å². The summed E-state index contributed by atoms with van der Waals surface area (Å²) >= 11 is 8.20. The molecule has 0 amide bonds. The summed E-state index contributed by atoms with van der Waals surface area (Å²) in [7, 11) is 1.91. The molecule has 0 unspecified atom stereocenters. The zero-order valence-electron chi connectivity index (χ0n) is 10.9.